The molecular formula is C14H23NO5. The van der Waals surface area contributed by atoms with Crippen LogP contribution in [-0.4, -0.2) is 57.3 Å². The van der Waals surface area contributed by atoms with Gasteiger partial charge in [-0.2, -0.15) is 0 Å². The van der Waals surface area contributed by atoms with E-state index in [0.29, 0.717) is 23.7 Å². The van der Waals surface area contributed by atoms with Crippen molar-refractivity contribution in [2.45, 2.75) is 12.1 Å². The summed E-state index contributed by atoms with van der Waals surface area (Å²) in [5.74, 6) is 1.24. The van der Waals surface area contributed by atoms with Gasteiger partial charge in [-0.15, -0.1) is 0 Å². The summed E-state index contributed by atoms with van der Waals surface area (Å²) >= 11 is 0. The highest BCUT2D eigenvalue weighted by atomic mass is 16.5. The van der Waals surface area contributed by atoms with E-state index in [1.807, 2.05) is 0 Å². The van der Waals surface area contributed by atoms with E-state index in [1.165, 1.54) is 0 Å². The van der Waals surface area contributed by atoms with E-state index in [-0.39, 0.29) is 19.2 Å². The number of rotatable bonds is 9. The molecule has 0 amide bonds. The van der Waals surface area contributed by atoms with Crippen molar-refractivity contribution < 1.29 is 24.4 Å². The van der Waals surface area contributed by atoms with Crippen LogP contribution in [0.4, 0.5) is 0 Å². The molecule has 0 saturated carbocycles. The summed E-state index contributed by atoms with van der Waals surface area (Å²) in [5.41, 5.74) is 0.633. The number of ether oxygens (including phenoxy) is 3. The number of benzene rings is 1. The molecule has 1 aromatic rings. The molecule has 3 N–H and O–H groups in total. The third-order valence-electron chi connectivity index (χ3n) is 2.98. The SMILES string of the molecule is COCC(CO)NCC(O)c1cc(OC)ccc1OC. The summed E-state index contributed by atoms with van der Waals surface area (Å²) in [6.07, 6.45) is -0.772. The number of methoxy groups -OCH3 is 3. The lowest BCUT2D eigenvalue weighted by Gasteiger charge is -2.20. The van der Waals surface area contributed by atoms with E-state index >= 15 is 0 Å². The molecule has 0 fully saturated rings. The Morgan fingerprint density at radius 1 is 1.20 bits per heavy atom. The van der Waals surface area contributed by atoms with Crippen molar-refractivity contribution >= 4 is 0 Å². The second-order valence-corrected chi connectivity index (χ2v) is 4.37. The number of nitrogens with one attached hydrogen (secondary N) is 1. The zero-order valence-electron chi connectivity index (χ0n) is 12.1. The predicted octanol–water partition coefficient (Wildman–Crippen LogP) is 0.334. The highest BCUT2D eigenvalue weighted by molar-refractivity contribution is 5.41. The van der Waals surface area contributed by atoms with Gasteiger partial charge in [0.1, 0.15) is 11.5 Å². The second kappa shape index (κ2) is 8.76. The Balaban J connectivity index is 2.72. The van der Waals surface area contributed by atoms with Crippen LogP contribution >= 0.6 is 0 Å². The lowest BCUT2D eigenvalue weighted by atomic mass is 10.1. The van der Waals surface area contributed by atoms with Gasteiger partial charge in [-0.3, -0.25) is 0 Å². The fourth-order valence-corrected chi connectivity index (χ4v) is 1.87. The Morgan fingerprint density at radius 2 is 1.95 bits per heavy atom. The molecule has 0 aliphatic carbocycles. The van der Waals surface area contributed by atoms with Crippen LogP contribution in [0.2, 0.25) is 0 Å². The molecule has 0 bridgehead atoms. The first-order chi connectivity index (χ1) is 9.65. The normalized spacial score (nSPS) is 13.8. The van der Waals surface area contributed by atoms with Gasteiger partial charge >= 0.3 is 0 Å². The zero-order chi connectivity index (χ0) is 15.0. The van der Waals surface area contributed by atoms with E-state index in [2.05, 4.69) is 5.32 Å². The molecule has 2 unspecified atom stereocenters. The van der Waals surface area contributed by atoms with Gasteiger partial charge < -0.3 is 29.7 Å². The van der Waals surface area contributed by atoms with Gasteiger partial charge in [-0.05, 0) is 18.2 Å². The maximum absolute atomic E-state index is 10.2. The van der Waals surface area contributed by atoms with Crippen molar-refractivity contribution in [3.63, 3.8) is 0 Å². The molecule has 2 atom stereocenters. The fourth-order valence-electron chi connectivity index (χ4n) is 1.87. The van der Waals surface area contributed by atoms with Crippen LogP contribution in [0.25, 0.3) is 0 Å². The molecular weight excluding hydrogens is 262 g/mol. The predicted molar refractivity (Wildman–Crippen MR) is 75.3 cm³/mol. The quantitative estimate of drug-likeness (QED) is 0.607. The van der Waals surface area contributed by atoms with Crippen molar-refractivity contribution in [3.8, 4) is 11.5 Å². The molecule has 6 nitrogen and oxygen atoms in total. The van der Waals surface area contributed by atoms with Gasteiger partial charge in [0.15, 0.2) is 0 Å². The number of hydrogen-bond acceptors (Lipinski definition) is 6. The largest absolute Gasteiger partial charge is 0.497 e. The van der Waals surface area contributed by atoms with E-state index in [9.17, 15) is 5.11 Å². The van der Waals surface area contributed by atoms with Gasteiger partial charge in [-0.1, -0.05) is 0 Å². The molecule has 1 aromatic carbocycles. The second-order valence-electron chi connectivity index (χ2n) is 4.37. The van der Waals surface area contributed by atoms with E-state index in [4.69, 9.17) is 19.3 Å². The molecule has 6 heteroatoms. The van der Waals surface area contributed by atoms with Crippen LogP contribution in [0, 0.1) is 0 Å². The topological polar surface area (TPSA) is 80.2 Å². The summed E-state index contributed by atoms with van der Waals surface area (Å²) in [6.45, 7) is 0.590. The molecule has 0 heterocycles. The Morgan fingerprint density at radius 3 is 2.50 bits per heavy atom. The zero-order valence-corrected chi connectivity index (χ0v) is 12.1. The highest BCUT2D eigenvalue weighted by Crippen LogP contribution is 2.29. The average molecular weight is 285 g/mol. The van der Waals surface area contributed by atoms with E-state index in [1.54, 1.807) is 39.5 Å². The van der Waals surface area contributed by atoms with Crippen LogP contribution in [0.1, 0.15) is 11.7 Å². The summed E-state index contributed by atoms with van der Waals surface area (Å²) in [5, 5.41) is 22.4. The minimum atomic E-state index is -0.772. The number of hydrogen-bond donors (Lipinski definition) is 3. The molecule has 0 aliphatic rings. The van der Waals surface area contributed by atoms with Gasteiger partial charge in [0, 0.05) is 19.2 Å². The van der Waals surface area contributed by atoms with Crippen LogP contribution in [-0.2, 0) is 4.74 Å². The van der Waals surface area contributed by atoms with E-state index < -0.39 is 6.10 Å². The Labute approximate surface area is 119 Å². The van der Waals surface area contributed by atoms with Gasteiger partial charge in [0.05, 0.1) is 39.6 Å². The van der Waals surface area contributed by atoms with Gasteiger partial charge in [-0.25, -0.2) is 0 Å². The lowest BCUT2D eigenvalue weighted by Crippen LogP contribution is -2.38. The van der Waals surface area contributed by atoms with Crippen LogP contribution < -0.4 is 14.8 Å². The van der Waals surface area contributed by atoms with Gasteiger partial charge in [0.25, 0.3) is 0 Å². The fraction of sp³-hybridized carbons (Fsp3) is 0.571. The van der Waals surface area contributed by atoms with Crippen LogP contribution in [0.3, 0.4) is 0 Å². The van der Waals surface area contributed by atoms with Gasteiger partial charge in [0.2, 0.25) is 0 Å². The summed E-state index contributed by atoms with van der Waals surface area (Å²) in [7, 11) is 4.68. The maximum Gasteiger partial charge on any atom is 0.124 e. The van der Waals surface area contributed by atoms with Crippen molar-refractivity contribution in [2.75, 3.05) is 41.1 Å². The molecule has 0 radical (unpaired) electrons. The third kappa shape index (κ3) is 4.64. The number of aliphatic hydroxyl groups excluding tert-OH is 2. The highest BCUT2D eigenvalue weighted by Gasteiger charge is 2.16. The molecule has 0 spiro atoms. The average Bonchev–Trinajstić information content (AvgIpc) is 2.50. The molecule has 20 heavy (non-hydrogen) atoms. The molecule has 0 aromatic heterocycles. The first kappa shape index (κ1) is 16.7. The lowest BCUT2D eigenvalue weighted by molar-refractivity contribution is 0.110. The molecule has 1 rings (SSSR count). The van der Waals surface area contributed by atoms with Crippen molar-refractivity contribution in [1.82, 2.24) is 5.32 Å². The van der Waals surface area contributed by atoms with Crippen molar-refractivity contribution in [1.29, 1.82) is 0 Å². The Kier molecular flexibility index (Phi) is 7.32. The summed E-state index contributed by atoms with van der Waals surface area (Å²) in [4.78, 5) is 0. The molecule has 0 saturated heterocycles. The minimum Gasteiger partial charge on any atom is -0.497 e. The summed E-state index contributed by atoms with van der Waals surface area (Å²) < 4.78 is 15.3. The minimum absolute atomic E-state index is 0.0597. The van der Waals surface area contributed by atoms with Crippen LogP contribution in [0.15, 0.2) is 18.2 Å². The standard InChI is InChI=1S/C14H23NO5/c1-18-9-10(8-16)15-7-13(17)12-6-11(19-2)4-5-14(12)20-3/h4-6,10,13,15-17H,7-9H2,1-3H3. The monoisotopic (exact) mass is 285 g/mol. The smallest absolute Gasteiger partial charge is 0.124 e. The third-order valence-corrected chi connectivity index (χ3v) is 2.98. The Bertz CT molecular complexity index is 399. The number of aliphatic hydroxyl groups is 2. The Hall–Kier alpha value is -1.34. The maximum atomic E-state index is 10.2. The first-order valence-electron chi connectivity index (χ1n) is 6.39. The van der Waals surface area contributed by atoms with E-state index in [0.717, 1.165) is 0 Å². The molecule has 114 valence electrons. The van der Waals surface area contributed by atoms with Crippen LogP contribution in [0.5, 0.6) is 11.5 Å². The first-order valence-corrected chi connectivity index (χ1v) is 6.39. The van der Waals surface area contributed by atoms with Crippen molar-refractivity contribution in [3.05, 3.63) is 23.8 Å². The summed E-state index contributed by atoms with van der Waals surface area (Å²) in [6, 6.07) is 5.03. The van der Waals surface area contributed by atoms with Crippen molar-refractivity contribution in [2.24, 2.45) is 0 Å². The molecule has 0 aliphatic heterocycles.